The predicted molar refractivity (Wildman–Crippen MR) is 109 cm³/mol. The summed E-state index contributed by atoms with van der Waals surface area (Å²) in [6.07, 6.45) is 1.63. The zero-order valence-electron chi connectivity index (χ0n) is 14.2. The van der Waals surface area contributed by atoms with Crippen LogP contribution in [0.25, 0.3) is 11.0 Å². The Morgan fingerprint density at radius 3 is 2.69 bits per heavy atom. The summed E-state index contributed by atoms with van der Waals surface area (Å²) in [7, 11) is -3.70. The average Bonchev–Trinajstić information content (AvgIpc) is 3.00. The van der Waals surface area contributed by atoms with Gasteiger partial charge in [0.2, 0.25) is 0 Å². The Bertz CT molecular complexity index is 1050. The molecule has 0 bridgehead atoms. The first-order valence-corrected chi connectivity index (χ1v) is 10.8. The summed E-state index contributed by atoms with van der Waals surface area (Å²) in [6, 6.07) is 12.5. The van der Waals surface area contributed by atoms with E-state index in [2.05, 4.69) is 34.4 Å². The van der Waals surface area contributed by atoms with E-state index in [4.69, 9.17) is 9.72 Å². The number of hydrogen-bond donors (Lipinski definition) is 0. The number of benzene rings is 1. The molecule has 1 unspecified atom stereocenters. The molecule has 1 fully saturated rings. The first-order valence-electron chi connectivity index (χ1n) is 8.31. The van der Waals surface area contributed by atoms with Crippen molar-refractivity contribution in [3.8, 4) is 0 Å². The number of halogens is 1. The molecular formula is C18H18IN3O3S. The number of nitrogens with zero attached hydrogens (tertiary/aromatic N) is 3. The summed E-state index contributed by atoms with van der Waals surface area (Å²) in [5.74, 6) is 0.771. The topological polar surface area (TPSA) is 64.4 Å². The highest BCUT2D eigenvalue weighted by molar-refractivity contribution is 14.1. The molecule has 1 aliphatic rings. The molecule has 1 aliphatic heterocycles. The van der Waals surface area contributed by atoms with E-state index in [0.717, 1.165) is 21.3 Å². The number of pyridine rings is 1. The van der Waals surface area contributed by atoms with Gasteiger partial charge in [0.25, 0.3) is 10.0 Å². The SMILES string of the molecule is CC1COCCN1c1ccc2c(I)cn(S(=O)(=O)c3ccccc3)c2n1. The lowest BCUT2D eigenvalue weighted by atomic mass is 10.2. The largest absolute Gasteiger partial charge is 0.377 e. The lowest BCUT2D eigenvalue weighted by molar-refractivity contribution is 0.0985. The second-order valence-electron chi connectivity index (χ2n) is 6.25. The lowest BCUT2D eigenvalue weighted by Gasteiger charge is -2.34. The first kappa shape index (κ1) is 17.7. The van der Waals surface area contributed by atoms with Gasteiger partial charge in [-0.1, -0.05) is 18.2 Å². The number of ether oxygens (including phenoxy) is 1. The Balaban J connectivity index is 1.87. The zero-order valence-corrected chi connectivity index (χ0v) is 17.1. The summed E-state index contributed by atoms with van der Waals surface area (Å²) in [4.78, 5) is 7.12. The van der Waals surface area contributed by atoms with E-state index in [-0.39, 0.29) is 10.9 Å². The van der Waals surface area contributed by atoms with Crippen LogP contribution in [-0.2, 0) is 14.8 Å². The summed E-state index contributed by atoms with van der Waals surface area (Å²) < 4.78 is 33.8. The summed E-state index contributed by atoms with van der Waals surface area (Å²) in [6.45, 7) is 4.10. The number of rotatable bonds is 3. The molecule has 136 valence electrons. The Morgan fingerprint density at radius 1 is 1.19 bits per heavy atom. The minimum absolute atomic E-state index is 0.196. The van der Waals surface area contributed by atoms with E-state index < -0.39 is 10.0 Å². The number of hydrogen-bond acceptors (Lipinski definition) is 5. The van der Waals surface area contributed by atoms with Crippen LogP contribution in [0, 0.1) is 3.57 Å². The molecule has 0 aliphatic carbocycles. The normalized spacial score (nSPS) is 18.4. The minimum atomic E-state index is -3.70. The van der Waals surface area contributed by atoms with Crippen LogP contribution < -0.4 is 4.90 Å². The fraction of sp³-hybridized carbons (Fsp3) is 0.278. The van der Waals surface area contributed by atoms with E-state index in [1.807, 2.05) is 12.1 Å². The van der Waals surface area contributed by atoms with Gasteiger partial charge >= 0.3 is 0 Å². The van der Waals surface area contributed by atoms with E-state index in [1.165, 1.54) is 3.97 Å². The van der Waals surface area contributed by atoms with Crippen LogP contribution in [0.1, 0.15) is 6.92 Å². The van der Waals surface area contributed by atoms with Gasteiger partial charge in [-0.2, -0.15) is 0 Å². The average molecular weight is 483 g/mol. The first-order chi connectivity index (χ1) is 12.5. The van der Waals surface area contributed by atoms with Gasteiger partial charge in [-0.15, -0.1) is 0 Å². The number of aromatic nitrogens is 2. The van der Waals surface area contributed by atoms with Crippen molar-refractivity contribution < 1.29 is 13.2 Å². The molecule has 0 spiro atoms. The summed E-state index contributed by atoms with van der Waals surface area (Å²) in [5.41, 5.74) is 0.453. The van der Waals surface area contributed by atoms with Crippen molar-refractivity contribution in [2.24, 2.45) is 0 Å². The molecule has 3 aromatic rings. The van der Waals surface area contributed by atoms with Gasteiger partial charge < -0.3 is 9.64 Å². The van der Waals surface area contributed by atoms with E-state index in [0.29, 0.717) is 18.9 Å². The Morgan fingerprint density at radius 2 is 1.96 bits per heavy atom. The fourth-order valence-electron chi connectivity index (χ4n) is 3.14. The van der Waals surface area contributed by atoms with Crippen molar-refractivity contribution in [1.82, 2.24) is 8.96 Å². The lowest BCUT2D eigenvalue weighted by Crippen LogP contribution is -2.44. The van der Waals surface area contributed by atoms with Crippen LogP contribution in [0.4, 0.5) is 5.82 Å². The van der Waals surface area contributed by atoms with Crippen molar-refractivity contribution in [3.63, 3.8) is 0 Å². The maximum atomic E-state index is 13.1. The van der Waals surface area contributed by atoms with Gasteiger partial charge in [-0.3, -0.25) is 0 Å². The highest BCUT2D eigenvalue weighted by Gasteiger charge is 2.24. The minimum Gasteiger partial charge on any atom is -0.377 e. The molecular weight excluding hydrogens is 465 g/mol. The molecule has 6 nitrogen and oxygen atoms in total. The third-order valence-corrected chi connectivity index (χ3v) is 7.04. The summed E-state index contributed by atoms with van der Waals surface area (Å²) >= 11 is 2.15. The molecule has 0 saturated carbocycles. The van der Waals surface area contributed by atoms with Crippen LogP contribution in [0.15, 0.2) is 53.6 Å². The predicted octanol–water partition coefficient (Wildman–Crippen LogP) is 3.10. The maximum absolute atomic E-state index is 13.1. The monoisotopic (exact) mass is 483 g/mol. The second-order valence-corrected chi connectivity index (χ2v) is 9.23. The number of anilines is 1. The molecule has 1 aromatic carbocycles. The van der Waals surface area contributed by atoms with Gasteiger partial charge in [-0.05, 0) is 53.8 Å². The third-order valence-electron chi connectivity index (χ3n) is 4.52. The van der Waals surface area contributed by atoms with Gasteiger partial charge in [0.1, 0.15) is 5.82 Å². The van der Waals surface area contributed by atoms with Crippen LogP contribution in [0.2, 0.25) is 0 Å². The quantitative estimate of drug-likeness (QED) is 0.536. The van der Waals surface area contributed by atoms with E-state index in [1.54, 1.807) is 36.5 Å². The van der Waals surface area contributed by atoms with Crippen LogP contribution in [-0.4, -0.2) is 43.2 Å². The van der Waals surface area contributed by atoms with Crippen LogP contribution in [0.3, 0.4) is 0 Å². The summed E-state index contributed by atoms with van der Waals surface area (Å²) in [5, 5.41) is 0.828. The molecule has 8 heteroatoms. The Hall–Kier alpha value is -1.65. The standard InChI is InChI=1S/C18H18IN3O3S/c1-13-12-25-10-9-21(13)17-8-7-15-16(19)11-22(18(15)20-17)26(23,24)14-5-3-2-4-6-14/h2-8,11,13H,9-10,12H2,1H3. The number of morpholine rings is 1. The van der Waals surface area contributed by atoms with Gasteiger partial charge in [0.05, 0.1) is 24.2 Å². The zero-order chi connectivity index (χ0) is 18.3. The third kappa shape index (κ3) is 2.99. The smallest absolute Gasteiger partial charge is 0.269 e. The van der Waals surface area contributed by atoms with Crippen molar-refractivity contribution in [2.45, 2.75) is 17.9 Å². The van der Waals surface area contributed by atoms with Gasteiger partial charge in [0.15, 0.2) is 5.65 Å². The van der Waals surface area contributed by atoms with E-state index >= 15 is 0 Å². The Labute approximate surface area is 166 Å². The van der Waals surface area contributed by atoms with Crippen LogP contribution >= 0.6 is 22.6 Å². The number of fused-ring (bicyclic) bond motifs is 1. The highest BCUT2D eigenvalue weighted by atomic mass is 127. The molecule has 4 rings (SSSR count). The molecule has 1 atom stereocenters. The molecule has 3 heterocycles. The van der Waals surface area contributed by atoms with Gasteiger partial charge in [-0.25, -0.2) is 17.4 Å². The Kier molecular flexibility index (Phi) is 4.66. The van der Waals surface area contributed by atoms with Crippen LogP contribution in [0.5, 0.6) is 0 Å². The molecule has 26 heavy (non-hydrogen) atoms. The maximum Gasteiger partial charge on any atom is 0.269 e. The molecule has 0 N–H and O–H groups in total. The van der Waals surface area contributed by atoms with Crippen molar-refractivity contribution in [2.75, 3.05) is 24.7 Å². The molecule has 0 radical (unpaired) electrons. The van der Waals surface area contributed by atoms with Gasteiger partial charge in [0, 0.05) is 21.7 Å². The van der Waals surface area contributed by atoms with E-state index in [9.17, 15) is 8.42 Å². The van der Waals surface area contributed by atoms with Crippen molar-refractivity contribution in [1.29, 1.82) is 0 Å². The molecule has 1 saturated heterocycles. The van der Waals surface area contributed by atoms with Crippen molar-refractivity contribution in [3.05, 3.63) is 52.2 Å². The molecule has 0 amide bonds. The molecule has 2 aromatic heterocycles. The highest BCUT2D eigenvalue weighted by Crippen LogP contribution is 2.29. The van der Waals surface area contributed by atoms with Crippen molar-refractivity contribution >= 4 is 49.5 Å². The fourth-order valence-corrected chi connectivity index (χ4v) is 5.37. The second kappa shape index (κ2) is 6.82.